The van der Waals surface area contributed by atoms with Gasteiger partial charge in [0.2, 0.25) is 5.95 Å². The lowest BCUT2D eigenvalue weighted by Gasteiger charge is -2.30. The van der Waals surface area contributed by atoms with Crippen molar-refractivity contribution in [3.63, 3.8) is 0 Å². The first kappa shape index (κ1) is 27.8. The molecular formula is C23H28Cl2F3N5O. The number of anilines is 2. The first-order chi connectivity index (χ1) is 15.4. The molecule has 0 unspecified atom stereocenters. The molecule has 1 aromatic heterocycles. The quantitative estimate of drug-likeness (QED) is 0.361. The third-order valence-electron chi connectivity index (χ3n) is 5.68. The summed E-state index contributed by atoms with van der Waals surface area (Å²) in [6.45, 7) is 0.328. The molecule has 2 aromatic carbocycles. The second-order valence-electron chi connectivity index (χ2n) is 7.89. The van der Waals surface area contributed by atoms with Crippen LogP contribution < -0.4 is 20.7 Å². The summed E-state index contributed by atoms with van der Waals surface area (Å²) in [6.07, 6.45) is -1.04. The van der Waals surface area contributed by atoms with Crippen molar-refractivity contribution in [2.45, 2.75) is 50.7 Å². The molecule has 186 valence electrons. The van der Waals surface area contributed by atoms with E-state index in [1.807, 2.05) is 31.3 Å². The van der Waals surface area contributed by atoms with Crippen molar-refractivity contribution >= 4 is 47.5 Å². The summed E-state index contributed by atoms with van der Waals surface area (Å²) in [4.78, 5) is 9.22. The van der Waals surface area contributed by atoms with Gasteiger partial charge in [0.05, 0.1) is 5.52 Å². The molecule has 34 heavy (non-hydrogen) atoms. The summed E-state index contributed by atoms with van der Waals surface area (Å²) in [6, 6.07) is 14.6. The maximum absolute atomic E-state index is 12.6. The number of fused-ring (bicyclic) bond motifs is 1. The van der Waals surface area contributed by atoms with Crippen LogP contribution in [0.3, 0.4) is 0 Å². The SMILES string of the molecule is CNc1nc(N[C@H]2CC[C@@H](NCc3ccccc3OC(F)(F)F)CC2)nc2ccccc12.Cl.Cl. The van der Waals surface area contributed by atoms with Crippen LogP contribution in [0.1, 0.15) is 31.2 Å². The van der Waals surface area contributed by atoms with Crippen LogP contribution in [0.5, 0.6) is 5.75 Å². The van der Waals surface area contributed by atoms with Gasteiger partial charge in [-0.2, -0.15) is 4.98 Å². The number of hydrogen-bond acceptors (Lipinski definition) is 6. The number of para-hydroxylation sites is 2. The molecule has 1 saturated carbocycles. The standard InChI is InChI=1S/C23H26F3N5O.2ClH/c1-27-21-18-7-3-4-8-19(18)30-22(31-21)29-17-12-10-16(11-13-17)28-14-15-6-2-5-9-20(15)32-23(24,25)26;;/h2-9,16-17,28H,10-14H2,1H3,(H2,27,29,30,31);2*1H/t16-,17+;;. The molecule has 0 aliphatic heterocycles. The molecule has 0 atom stereocenters. The van der Waals surface area contributed by atoms with Gasteiger partial charge in [-0.3, -0.25) is 0 Å². The van der Waals surface area contributed by atoms with E-state index >= 15 is 0 Å². The molecular weight excluding hydrogens is 490 g/mol. The number of benzene rings is 2. The predicted molar refractivity (Wildman–Crippen MR) is 133 cm³/mol. The molecule has 3 aromatic rings. The summed E-state index contributed by atoms with van der Waals surface area (Å²) in [5.41, 5.74) is 1.37. The van der Waals surface area contributed by atoms with Crippen LogP contribution in [0.25, 0.3) is 10.9 Å². The molecule has 0 radical (unpaired) electrons. The minimum Gasteiger partial charge on any atom is -0.405 e. The van der Waals surface area contributed by atoms with Crippen LogP contribution in [0, 0.1) is 0 Å². The van der Waals surface area contributed by atoms with Crippen molar-refractivity contribution in [3.05, 3.63) is 54.1 Å². The highest BCUT2D eigenvalue weighted by atomic mass is 35.5. The van der Waals surface area contributed by atoms with Gasteiger partial charge in [-0.15, -0.1) is 38.0 Å². The van der Waals surface area contributed by atoms with Gasteiger partial charge in [0.15, 0.2) is 0 Å². The number of halogens is 5. The molecule has 3 N–H and O–H groups in total. The zero-order valence-electron chi connectivity index (χ0n) is 18.6. The van der Waals surface area contributed by atoms with Gasteiger partial charge in [-0.25, -0.2) is 4.98 Å². The second kappa shape index (κ2) is 12.3. The van der Waals surface area contributed by atoms with Crippen LogP contribution in [-0.2, 0) is 6.54 Å². The van der Waals surface area contributed by atoms with Gasteiger partial charge in [-0.05, 0) is 43.9 Å². The Hall–Kier alpha value is -2.49. The average molecular weight is 518 g/mol. The lowest BCUT2D eigenvalue weighted by molar-refractivity contribution is -0.274. The zero-order chi connectivity index (χ0) is 22.6. The number of ether oxygens (including phenoxy) is 1. The molecule has 1 heterocycles. The van der Waals surface area contributed by atoms with E-state index in [1.165, 1.54) is 12.1 Å². The normalized spacial score (nSPS) is 17.9. The summed E-state index contributed by atoms with van der Waals surface area (Å²) in [5.74, 6) is 1.23. The Bertz CT molecular complexity index is 1060. The monoisotopic (exact) mass is 517 g/mol. The van der Waals surface area contributed by atoms with Crippen LogP contribution in [0.2, 0.25) is 0 Å². The van der Waals surface area contributed by atoms with Gasteiger partial charge in [0.25, 0.3) is 0 Å². The van der Waals surface area contributed by atoms with Crippen molar-refractivity contribution in [1.29, 1.82) is 0 Å². The minimum atomic E-state index is -4.70. The Morgan fingerprint density at radius 3 is 2.26 bits per heavy atom. The van der Waals surface area contributed by atoms with Crippen LogP contribution in [0.15, 0.2) is 48.5 Å². The van der Waals surface area contributed by atoms with Crippen molar-refractivity contribution < 1.29 is 17.9 Å². The molecule has 4 rings (SSSR count). The van der Waals surface area contributed by atoms with Crippen molar-refractivity contribution in [2.24, 2.45) is 0 Å². The number of nitrogens with zero attached hydrogens (tertiary/aromatic N) is 2. The fourth-order valence-electron chi connectivity index (χ4n) is 4.08. The largest absolute Gasteiger partial charge is 0.573 e. The van der Waals surface area contributed by atoms with Crippen molar-refractivity contribution in [3.8, 4) is 5.75 Å². The first-order valence-electron chi connectivity index (χ1n) is 10.7. The van der Waals surface area contributed by atoms with E-state index in [9.17, 15) is 13.2 Å². The van der Waals surface area contributed by atoms with Crippen LogP contribution in [0.4, 0.5) is 24.9 Å². The van der Waals surface area contributed by atoms with E-state index < -0.39 is 6.36 Å². The minimum absolute atomic E-state index is 0. The number of alkyl halides is 3. The highest BCUT2D eigenvalue weighted by Gasteiger charge is 2.32. The maximum atomic E-state index is 12.6. The van der Waals surface area contributed by atoms with E-state index in [4.69, 9.17) is 0 Å². The highest BCUT2D eigenvalue weighted by molar-refractivity contribution is 5.89. The third kappa shape index (κ3) is 7.25. The maximum Gasteiger partial charge on any atom is 0.573 e. The third-order valence-corrected chi connectivity index (χ3v) is 5.68. The Morgan fingerprint density at radius 1 is 0.912 bits per heavy atom. The van der Waals surface area contributed by atoms with E-state index in [2.05, 4.69) is 30.7 Å². The summed E-state index contributed by atoms with van der Waals surface area (Å²) < 4.78 is 42.0. The zero-order valence-corrected chi connectivity index (χ0v) is 20.2. The van der Waals surface area contributed by atoms with E-state index in [-0.39, 0.29) is 42.6 Å². The fraction of sp³-hybridized carbons (Fsp3) is 0.391. The molecule has 1 aliphatic rings. The van der Waals surface area contributed by atoms with E-state index in [0.29, 0.717) is 18.1 Å². The molecule has 0 saturated heterocycles. The molecule has 11 heteroatoms. The van der Waals surface area contributed by atoms with E-state index in [0.717, 1.165) is 42.4 Å². The smallest absolute Gasteiger partial charge is 0.405 e. The predicted octanol–water partition coefficient (Wildman–Crippen LogP) is 5.93. The van der Waals surface area contributed by atoms with Gasteiger partial charge in [-0.1, -0.05) is 30.3 Å². The first-order valence-corrected chi connectivity index (χ1v) is 10.7. The lowest BCUT2D eigenvalue weighted by atomic mass is 9.91. The molecule has 1 aliphatic carbocycles. The van der Waals surface area contributed by atoms with Crippen molar-refractivity contribution in [2.75, 3.05) is 17.7 Å². The topological polar surface area (TPSA) is 71.1 Å². The number of nitrogens with one attached hydrogen (secondary N) is 3. The summed E-state index contributed by atoms with van der Waals surface area (Å²) in [7, 11) is 1.84. The fourth-order valence-corrected chi connectivity index (χ4v) is 4.08. The Morgan fingerprint density at radius 2 is 1.56 bits per heavy atom. The number of rotatable bonds is 7. The van der Waals surface area contributed by atoms with Crippen molar-refractivity contribution in [1.82, 2.24) is 15.3 Å². The number of hydrogen-bond donors (Lipinski definition) is 3. The Kier molecular flexibility index (Phi) is 10.0. The molecule has 1 fully saturated rings. The Labute approximate surface area is 208 Å². The lowest BCUT2D eigenvalue weighted by Crippen LogP contribution is -2.37. The molecule has 0 spiro atoms. The summed E-state index contributed by atoms with van der Waals surface area (Å²) in [5, 5.41) is 10.9. The second-order valence-corrected chi connectivity index (χ2v) is 7.89. The van der Waals surface area contributed by atoms with Gasteiger partial charge in [0.1, 0.15) is 11.6 Å². The summed E-state index contributed by atoms with van der Waals surface area (Å²) >= 11 is 0. The molecule has 6 nitrogen and oxygen atoms in total. The molecule has 0 bridgehead atoms. The highest BCUT2D eigenvalue weighted by Crippen LogP contribution is 2.28. The average Bonchev–Trinajstić information content (AvgIpc) is 2.78. The van der Waals surface area contributed by atoms with Gasteiger partial charge < -0.3 is 20.7 Å². The number of aromatic nitrogens is 2. The van der Waals surface area contributed by atoms with Gasteiger partial charge in [0, 0.05) is 36.6 Å². The van der Waals surface area contributed by atoms with Crippen LogP contribution >= 0.6 is 24.8 Å². The molecule has 0 amide bonds. The van der Waals surface area contributed by atoms with Gasteiger partial charge >= 0.3 is 6.36 Å². The van der Waals surface area contributed by atoms with E-state index in [1.54, 1.807) is 12.1 Å². The Balaban J connectivity index is 0.00000204. The van der Waals surface area contributed by atoms with Crippen LogP contribution in [-0.4, -0.2) is 35.5 Å².